The van der Waals surface area contributed by atoms with E-state index in [1.54, 1.807) is 0 Å². The van der Waals surface area contributed by atoms with Gasteiger partial charge in [0.25, 0.3) is 0 Å². The topological polar surface area (TPSA) is 54.2 Å². The highest BCUT2D eigenvalue weighted by molar-refractivity contribution is 5.26. The quantitative estimate of drug-likeness (QED) is 0.819. The number of hydrogen-bond acceptors (Lipinski definition) is 5. The van der Waals surface area contributed by atoms with E-state index in [4.69, 9.17) is 4.42 Å². The van der Waals surface area contributed by atoms with Crippen LogP contribution in [-0.2, 0) is 6.54 Å². The molecule has 1 aromatic heterocycles. The molecule has 2 rings (SSSR count). The highest BCUT2D eigenvalue weighted by Crippen LogP contribution is 2.25. The fraction of sp³-hybridized carbons (Fsp3) is 0.833. The summed E-state index contributed by atoms with van der Waals surface area (Å²) in [6, 6.07) is 0.691. The van der Waals surface area contributed by atoms with Crippen molar-refractivity contribution in [3.8, 4) is 0 Å². The molecule has 5 nitrogen and oxygen atoms in total. The van der Waals surface area contributed by atoms with Crippen molar-refractivity contribution in [1.82, 2.24) is 15.5 Å². The molecule has 1 N–H and O–H groups in total. The molecule has 0 aromatic carbocycles. The number of aromatic nitrogens is 2. The molecule has 0 spiro atoms. The standard InChI is InChI=1S/C12H22N4O/c1-3-5-10-6-7-16(9-10)12-15-14-11(17-12)8-13-4-2/h10,13H,3-9H2,1-2H3. The van der Waals surface area contributed by atoms with Crippen molar-refractivity contribution in [3.63, 3.8) is 0 Å². The second-order valence-electron chi connectivity index (χ2n) is 4.65. The van der Waals surface area contributed by atoms with Crippen molar-refractivity contribution in [2.75, 3.05) is 24.5 Å². The third-order valence-electron chi connectivity index (χ3n) is 3.24. The lowest BCUT2D eigenvalue weighted by Gasteiger charge is -2.12. The van der Waals surface area contributed by atoms with Crippen LogP contribution in [0.25, 0.3) is 0 Å². The molecule has 1 aromatic rings. The van der Waals surface area contributed by atoms with Crippen LogP contribution < -0.4 is 10.2 Å². The largest absolute Gasteiger partial charge is 0.407 e. The monoisotopic (exact) mass is 238 g/mol. The fourth-order valence-electron chi connectivity index (χ4n) is 2.33. The van der Waals surface area contributed by atoms with E-state index in [2.05, 4.69) is 34.3 Å². The van der Waals surface area contributed by atoms with Crippen LogP contribution in [0.2, 0.25) is 0 Å². The number of hydrogen-bond donors (Lipinski definition) is 1. The summed E-state index contributed by atoms with van der Waals surface area (Å²) in [5.41, 5.74) is 0. The van der Waals surface area contributed by atoms with Gasteiger partial charge >= 0.3 is 6.01 Å². The lowest BCUT2D eigenvalue weighted by molar-refractivity contribution is 0.466. The molecular formula is C12H22N4O. The van der Waals surface area contributed by atoms with Crippen LogP contribution in [0, 0.1) is 5.92 Å². The van der Waals surface area contributed by atoms with Gasteiger partial charge in [0.05, 0.1) is 6.54 Å². The minimum atomic E-state index is 0.662. The van der Waals surface area contributed by atoms with E-state index in [1.807, 2.05) is 0 Å². The molecule has 1 unspecified atom stereocenters. The predicted octanol–water partition coefficient (Wildman–Crippen LogP) is 1.81. The van der Waals surface area contributed by atoms with Gasteiger partial charge in [-0.3, -0.25) is 0 Å². The van der Waals surface area contributed by atoms with Gasteiger partial charge in [-0.05, 0) is 25.3 Å². The van der Waals surface area contributed by atoms with E-state index in [0.717, 1.165) is 25.6 Å². The zero-order valence-electron chi connectivity index (χ0n) is 10.8. The maximum Gasteiger partial charge on any atom is 0.318 e. The van der Waals surface area contributed by atoms with Crippen LogP contribution in [0.5, 0.6) is 0 Å². The average molecular weight is 238 g/mol. The highest BCUT2D eigenvalue weighted by Gasteiger charge is 2.25. The van der Waals surface area contributed by atoms with E-state index in [1.165, 1.54) is 19.3 Å². The van der Waals surface area contributed by atoms with Gasteiger partial charge in [-0.2, -0.15) is 0 Å². The number of nitrogens with one attached hydrogen (secondary N) is 1. The lowest BCUT2D eigenvalue weighted by Crippen LogP contribution is -2.19. The summed E-state index contributed by atoms with van der Waals surface area (Å²) in [5, 5.41) is 11.3. The SMILES string of the molecule is CCCC1CCN(c2nnc(CNCC)o2)C1. The first-order chi connectivity index (χ1) is 8.33. The molecule has 1 fully saturated rings. The Labute approximate surface area is 103 Å². The molecule has 1 aliphatic heterocycles. The van der Waals surface area contributed by atoms with Crippen molar-refractivity contribution >= 4 is 6.01 Å². The lowest BCUT2D eigenvalue weighted by atomic mass is 10.0. The summed E-state index contributed by atoms with van der Waals surface area (Å²) in [5.74, 6) is 1.48. The Morgan fingerprint density at radius 2 is 2.29 bits per heavy atom. The van der Waals surface area contributed by atoms with Crippen LogP contribution in [0.3, 0.4) is 0 Å². The first-order valence-electron chi connectivity index (χ1n) is 6.61. The Morgan fingerprint density at radius 1 is 1.41 bits per heavy atom. The van der Waals surface area contributed by atoms with E-state index < -0.39 is 0 Å². The zero-order chi connectivity index (χ0) is 12.1. The summed E-state index contributed by atoms with van der Waals surface area (Å²) < 4.78 is 5.64. The summed E-state index contributed by atoms with van der Waals surface area (Å²) in [4.78, 5) is 2.21. The van der Waals surface area contributed by atoms with Gasteiger partial charge in [-0.15, -0.1) is 5.10 Å². The molecule has 1 atom stereocenters. The fourth-order valence-corrected chi connectivity index (χ4v) is 2.33. The minimum Gasteiger partial charge on any atom is -0.407 e. The van der Waals surface area contributed by atoms with Gasteiger partial charge in [-0.1, -0.05) is 25.4 Å². The van der Waals surface area contributed by atoms with E-state index in [-0.39, 0.29) is 0 Å². The Kier molecular flexibility index (Phi) is 4.36. The Bertz CT molecular complexity index is 339. The van der Waals surface area contributed by atoms with Gasteiger partial charge in [0.2, 0.25) is 5.89 Å². The van der Waals surface area contributed by atoms with Gasteiger partial charge < -0.3 is 14.6 Å². The van der Waals surface area contributed by atoms with E-state index in [9.17, 15) is 0 Å². The molecule has 17 heavy (non-hydrogen) atoms. The number of nitrogens with zero attached hydrogens (tertiary/aromatic N) is 3. The van der Waals surface area contributed by atoms with Gasteiger partial charge in [-0.25, -0.2) is 0 Å². The third kappa shape index (κ3) is 3.19. The maximum atomic E-state index is 5.64. The van der Waals surface area contributed by atoms with Crippen molar-refractivity contribution in [2.45, 2.75) is 39.7 Å². The predicted molar refractivity (Wildman–Crippen MR) is 66.9 cm³/mol. The third-order valence-corrected chi connectivity index (χ3v) is 3.24. The Hall–Kier alpha value is -1.10. The van der Waals surface area contributed by atoms with Gasteiger partial charge in [0.1, 0.15) is 0 Å². The van der Waals surface area contributed by atoms with Crippen LogP contribution in [0.15, 0.2) is 4.42 Å². The van der Waals surface area contributed by atoms with Crippen LogP contribution in [-0.4, -0.2) is 29.8 Å². The summed E-state index contributed by atoms with van der Waals surface area (Å²) in [6.45, 7) is 8.00. The van der Waals surface area contributed by atoms with Crippen molar-refractivity contribution in [2.24, 2.45) is 5.92 Å². The molecule has 0 bridgehead atoms. The molecule has 0 saturated carbocycles. The number of rotatable bonds is 6. The second-order valence-corrected chi connectivity index (χ2v) is 4.65. The van der Waals surface area contributed by atoms with Crippen LogP contribution in [0.4, 0.5) is 6.01 Å². The smallest absolute Gasteiger partial charge is 0.318 e. The van der Waals surface area contributed by atoms with Gasteiger partial charge in [0.15, 0.2) is 0 Å². The van der Waals surface area contributed by atoms with Crippen molar-refractivity contribution in [3.05, 3.63) is 5.89 Å². The van der Waals surface area contributed by atoms with E-state index >= 15 is 0 Å². The Morgan fingerprint density at radius 3 is 3.06 bits per heavy atom. The molecular weight excluding hydrogens is 216 g/mol. The summed E-state index contributed by atoms with van der Waals surface area (Å²) in [7, 11) is 0. The zero-order valence-corrected chi connectivity index (χ0v) is 10.8. The van der Waals surface area contributed by atoms with Crippen molar-refractivity contribution < 1.29 is 4.42 Å². The average Bonchev–Trinajstić information content (AvgIpc) is 2.95. The van der Waals surface area contributed by atoms with Gasteiger partial charge in [0, 0.05) is 13.1 Å². The first kappa shape index (κ1) is 12.4. The molecule has 96 valence electrons. The first-order valence-corrected chi connectivity index (χ1v) is 6.61. The molecule has 0 amide bonds. The summed E-state index contributed by atoms with van der Waals surface area (Å²) >= 11 is 0. The summed E-state index contributed by atoms with van der Waals surface area (Å²) in [6.07, 6.45) is 3.81. The maximum absolute atomic E-state index is 5.64. The molecule has 1 saturated heterocycles. The molecule has 0 aliphatic carbocycles. The molecule has 1 aliphatic rings. The van der Waals surface area contributed by atoms with Crippen LogP contribution >= 0.6 is 0 Å². The highest BCUT2D eigenvalue weighted by atomic mass is 16.4. The minimum absolute atomic E-state index is 0.662. The molecule has 5 heteroatoms. The van der Waals surface area contributed by atoms with Crippen molar-refractivity contribution in [1.29, 1.82) is 0 Å². The second kappa shape index (κ2) is 6.00. The molecule has 2 heterocycles. The number of anilines is 1. The Balaban J connectivity index is 1.88. The van der Waals surface area contributed by atoms with E-state index in [0.29, 0.717) is 18.5 Å². The molecule has 0 radical (unpaired) electrons. The van der Waals surface area contributed by atoms with Crippen LogP contribution in [0.1, 0.15) is 39.0 Å². The normalized spacial score (nSPS) is 20.1.